The van der Waals surface area contributed by atoms with Gasteiger partial charge in [0.05, 0.1) is 6.61 Å². The van der Waals surface area contributed by atoms with Crippen molar-refractivity contribution >= 4 is 5.91 Å². The first-order valence-corrected chi connectivity index (χ1v) is 8.08. The molecule has 0 aromatic heterocycles. The molecule has 0 bridgehead atoms. The number of primary amides is 1. The molecule has 0 saturated carbocycles. The molecular weight excluding hydrogens is 297 g/mol. The van der Waals surface area contributed by atoms with E-state index in [4.69, 9.17) is 10.5 Å². The van der Waals surface area contributed by atoms with Crippen LogP contribution in [-0.4, -0.2) is 61.6 Å². The van der Waals surface area contributed by atoms with Gasteiger partial charge in [-0.05, 0) is 24.1 Å². The van der Waals surface area contributed by atoms with Gasteiger partial charge in [0.25, 0.3) is 0 Å². The normalized spacial score (nSPS) is 21.3. The summed E-state index contributed by atoms with van der Waals surface area (Å²) in [5, 5.41) is 0. The Morgan fingerprint density at radius 3 is 2.65 bits per heavy atom. The van der Waals surface area contributed by atoms with E-state index in [-0.39, 0.29) is 5.82 Å². The molecule has 1 aromatic rings. The van der Waals surface area contributed by atoms with E-state index in [0.29, 0.717) is 12.6 Å². The highest BCUT2D eigenvalue weighted by atomic mass is 19.1. The molecule has 2 rings (SSSR count). The summed E-state index contributed by atoms with van der Waals surface area (Å²) >= 11 is 0. The van der Waals surface area contributed by atoms with Crippen LogP contribution in [0.2, 0.25) is 0 Å². The number of nitrogens with two attached hydrogens (primary N) is 1. The zero-order chi connectivity index (χ0) is 16.8. The predicted molar refractivity (Wildman–Crippen MR) is 87.4 cm³/mol. The number of ether oxygens (including phenoxy) is 1. The average molecular weight is 323 g/mol. The molecular formula is C17H26FN3O2. The number of rotatable bonds is 7. The standard InChI is InChI=1S/C17H26FN3O2/c1-3-15-12-21(9-8-20(15)10-11-23-2)16(17(19)22)13-4-6-14(18)7-5-13/h4-7,15-16H,3,8-12H2,1-2H3,(H2,19,22)/t15-,16-/m1/s1. The highest BCUT2D eigenvalue weighted by Gasteiger charge is 2.33. The highest BCUT2D eigenvalue weighted by molar-refractivity contribution is 5.81. The Balaban J connectivity index is 2.12. The monoisotopic (exact) mass is 323 g/mol. The molecule has 1 aromatic carbocycles. The Morgan fingerprint density at radius 1 is 1.39 bits per heavy atom. The van der Waals surface area contributed by atoms with Gasteiger partial charge in [-0.1, -0.05) is 19.1 Å². The molecule has 1 amide bonds. The lowest BCUT2D eigenvalue weighted by Gasteiger charge is -2.43. The van der Waals surface area contributed by atoms with Crippen molar-refractivity contribution in [3.05, 3.63) is 35.6 Å². The Labute approximate surface area is 137 Å². The summed E-state index contributed by atoms with van der Waals surface area (Å²) in [4.78, 5) is 16.5. The number of methoxy groups -OCH3 is 1. The fraction of sp³-hybridized carbons (Fsp3) is 0.588. The van der Waals surface area contributed by atoms with E-state index in [0.717, 1.165) is 38.2 Å². The van der Waals surface area contributed by atoms with Crippen molar-refractivity contribution in [2.24, 2.45) is 5.73 Å². The number of benzene rings is 1. The minimum absolute atomic E-state index is 0.312. The summed E-state index contributed by atoms with van der Waals surface area (Å²) in [5.74, 6) is -0.704. The van der Waals surface area contributed by atoms with Crippen LogP contribution in [0.1, 0.15) is 24.9 Å². The van der Waals surface area contributed by atoms with Crippen LogP contribution in [0.25, 0.3) is 0 Å². The smallest absolute Gasteiger partial charge is 0.239 e. The van der Waals surface area contributed by atoms with E-state index in [2.05, 4.69) is 16.7 Å². The van der Waals surface area contributed by atoms with E-state index in [1.54, 1.807) is 19.2 Å². The molecule has 0 spiro atoms. The van der Waals surface area contributed by atoms with Crippen LogP contribution in [0.3, 0.4) is 0 Å². The Hall–Kier alpha value is -1.50. The fourth-order valence-corrected chi connectivity index (χ4v) is 3.24. The van der Waals surface area contributed by atoms with Gasteiger partial charge in [0, 0.05) is 39.3 Å². The highest BCUT2D eigenvalue weighted by Crippen LogP contribution is 2.25. The number of amides is 1. The molecule has 2 atom stereocenters. The van der Waals surface area contributed by atoms with E-state index in [9.17, 15) is 9.18 Å². The minimum atomic E-state index is -0.505. The average Bonchev–Trinajstić information content (AvgIpc) is 2.55. The van der Waals surface area contributed by atoms with Gasteiger partial charge in [-0.2, -0.15) is 0 Å². The van der Waals surface area contributed by atoms with Crippen molar-refractivity contribution in [2.45, 2.75) is 25.4 Å². The number of carbonyl (C=O) groups is 1. The predicted octanol–water partition coefficient (Wildman–Crippen LogP) is 1.39. The van der Waals surface area contributed by atoms with Gasteiger partial charge in [-0.3, -0.25) is 14.6 Å². The summed E-state index contributed by atoms with van der Waals surface area (Å²) in [6.45, 7) is 6.13. The zero-order valence-electron chi connectivity index (χ0n) is 13.9. The van der Waals surface area contributed by atoms with Crippen molar-refractivity contribution in [1.82, 2.24) is 9.80 Å². The Bertz CT molecular complexity index is 509. The van der Waals surface area contributed by atoms with E-state index in [1.165, 1.54) is 12.1 Å². The quantitative estimate of drug-likeness (QED) is 0.824. The molecule has 1 fully saturated rings. The first kappa shape index (κ1) is 17.8. The number of piperazine rings is 1. The van der Waals surface area contributed by atoms with Crippen LogP contribution in [0.4, 0.5) is 4.39 Å². The van der Waals surface area contributed by atoms with Gasteiger partial charge in [0.2, 0.25) is 5.91 Å². The third-order valence-electron chi connectivity index (χ3n) is 4.51. The van der Waals surface area contributed by atoms with E-state index in [1.807, 2.05) is 0 Å². The van der Waals surface area contributed by atoms with Crippen LogP contribution in [0.5, 0.6) is 0 Å². The van der Waals surface area contributed by atoms with Gasteiger partial charge >= 0.3 is 0 Å². The maximum Gasteiger partial charge on any atom is 0.239 e. The van der Waals surface area contributed by atoms with Crippen molar-refractivity contribution in [1.29, 1.82) is 0 Å². The van der Waals surface area contributed by atoms with Crippen molar-refractivity contribution in [2.75, 3.05) is 39.9 Å². The molecule has 2 N–H and O–H groups in total. The minimum Gasteiger partial charge on any atom is -0.383 e. The summed E-state index contributed by atoms with van der Waals surface area (Å²) in [7, 11) is 1.70. The SMILES string of the molecule is CC[C@@H]1CN([C@@H](C(N)=O)c2ccc(F)cc2)CCN1CCOC. The maximum atomic E-state index is 13.1. The topological polar surface area (TPSA) is 58.8 Å². The third-order valence-corrected chi connectivity index (χ3v) is 4.51. The summed E-state index contributed by atoms with van der Waals surface area (Å²) in [5.41, 5.74) is 6.38. The van der Waals surface area contributed by atoms with E-state index < -0.39 is 11.9 Å². The van der Waals surface area contributed by atoms with Crippen LogP contribution >= 0.6 is 0 Å². The second-order valence-corrected chi connectivity index (χ2v) is 5.94. The molecule has 23 heavy (non-hydrogen) atoms. The Morgan fingerprint density at radius 2 is 2.09 bits per heavy atom. The van der Waals surface area contributed by atoms with Crippen molar-refractivity contribution in [3.8, 4) is 0 Å². The lowest BCUT2D eigenvalue weighted by atomic mass is 10.0. The van der Waals surface area contributed by atoms with Gasteiger partial charge < -0.3 is 10.5 Å². The van der Waals surface area contributed by atoms with Crippen LogP contribution in [0.15, 0.2) is 24.3 Å². The molecule has 0 aliphatic carbocycles. The zero-order valence-corrected chi connectivity index (χ0v) is 13.9. The third kappa shape index (κ3) is 4.50. The summed E-state index contributed by atoms with van der Waals surface area (Å²) < 4.78 is 18.3. The first-order valence-electron chi connectivity index (χ1n) is 8.08. The number of carbonyl (C=O) groups excluding carboxylic acids is 1. The van der Waals surface area contributed by atoms with Gasteiger partial charge in [-0.25, -0.2) is 4.39 Å². The number of hydrogen-bond acceptors (Lipinski definition) is 4. The van der Waals surface area contributed by atoms with Crippen LogP contribution < -0.4 is 5.73 Å². The molecule has 0 unspecified atom stereocenters. The van der Waals surface area contributed by atoms with Crippen LogP contribution in [0, 0.1) is 5.82 Å². The lowest BCUT2D eigenvalue weighted by molar-refractivity contribution is -0.125. The summed E-state index contributed by atoms with van der Waals surface area (Å²) in [6, 6.07) is 5.89. The molecule has 1 aliphatic heterocycles. The molecule has 1 aliphatic rings. The first-order chi connectivity index (χ1) is 11.1. The molecule has 0 radical (unpaired) electrons. The largest absolute Gasteiger partial charge is 0.383 e. The van der Waals surface area contributed by atoms with Crippen LogP contribution in [-0.2, 0) is 9.53 Å². The Kier molecular flexibility index (Phi) is 6.50. The van der Waals surface area contributed by atoms with Crippen molar-refractivity contribution in [3.63, 3.8) is 0 Å². The van der Waals surface area contributed by atoms with Gasteiger partial charge in [-0.15, -0.1) is 0 Å². The second kappa shape index (κ2) is 8.38. The van der Waals surface area contributed by atoms with Gasteiger partial charge in [0.1, 0.15) is 11.9 Å². The van der Waals surface area contributed by atoms with Gasteiger partial charge in [0.15, 0.2) is 0 Å². The molecule has 128 valence electrons. The molecule has 1 saturated heterocycles. The molecule has 1 heterocycles. The molecule has 6 heteroatoms. The second-order valence-electron chi connectivity index (χ2n) is 5.94. The number of nitrogens with zero attached hydrogens (tertiary/aromatic N) is 2. The lowest BCUT2D eigenvalue weighted by Crippen LogP contribution is -2.55. The van der Waals surface area contributed by atoms with E-state index >= 15 is 0 Å². The molecule has 5 nitrogen and oxygen atoms in total. The fourth-order valence-electron chi connectivity index (χ4n) is 3.24. The number of halogens is 1. The summed E-state index contributed by atoms with van der Waals surface area (Å²) in [6.07, 6.45) is 0.995. The van der Waals surface area contributed by atoms with Crippen molar-refractivity contribution < 1.29 is 13.9 Å². The maximum absolute atomic E-state index is 13.1. The number of hydrogen-bond donors (Lipinski definition) is 1.